The number of rotatable bonds is 1. The third kappa shape index (κ3) is 1.95. The molecule has 3 nitrogen and oxygen atoms in total. The molecule has 0 fully saturated rings. The van der Waals surface area contributed by atoms with Crippen LogP contribution >= 0.6 is 11.8 Å². The van der Waals surface area contributed by atoms with Gasteiger partial charge in [0.25, 0.3) is 0 Å². The molecule has 0 radical (unpaired) electrons. The van der Waals surface area contributed by atoms with Gasteiger partial charge >= 0.3 is 0 Å². The van der Waals surface area contributed by atoms with Crippen molar-refractivity contribution in [1.29, 1.82) is 5.26 Å². The van der Waals surface area contributed by atoms with Crippen LogP contribution in [0.5, 0.6) is 0 Å². The number of nitrogens with zero attached hydrogens (tertiary/aromatic N) is 1. The lowest BCUT2D eigenvalue weighted by molar-refractivity contribution is -0.115. The molecule has 1 unspecified atom stereocenters. The number of carbonyl (C=O) groups excluding carboxylic acids is 1. The van der Waals surface area contributed by atoms with Gasteiger partial charge in [-0.2, -0.15) is 5.26 Å². The van der Waals surface area contributed by atoms with Crippen molar-refractivity contribution in [3.63, 3.8) is 0 Å². The number of hydrogen-bond donors (Lipinski definition) is 1. The first-order valence-electron chi connectivity index (χ1n) is 4.35. The first-order chi connectivity index (χ1) is 7.20. The van der Waals surface area contributed by atoms with Crippen molar-refractivity contribution < 1.29 is 9.18 Å². The van der Waals surface area contributed by atoms with E-state index >= 15 is 0 Å². The second-order valence-electron chi connectivity index (χ2n) is 3.10. The molecule has 1 aromatic rings. The fourth-order valence-electron chi connectivity index (χ4n) is 1.34. The van der Waals surface area contributed by atoms with Crippen LogP contribution in [0.3, 0.4) is 0 Å². The van der Waals surface area contributed by atoms with Gasteiger partial charge in [0, 0.05) is 4.90 Å². The molecule has 76 valence electrons. The molecule has 1 aromatic carbocycles. The molecule has 15 heavy (non-hydrogen) atoms. The Balaban J connectivity index is 2.30. The summed E-state index contributed by atoms with van der Waals surface area (Å²) in [4.78, 5) is 12.3. The molecule has 0 saturated carbocycles. The Kier molecular flexibility index (Phi) is 2.60. The average Bonchev–Trinajstić information content (AvgIpc) is 2.20. The lowest BCUT2D eigenvalue weighted by Crippen LogP contribution is -2.28. The van der Waals surface area contributed by atoms with Gasteiger partial charge in [0.2, 0.25) is 5.91 Å². The summed E-state index contributed by atoms with van der Waals surface area (Å²) in [6.45, 7) is 0. The maximum atomic E-state index is 12.9. The van der Waals surface area contributed by atoms with Gasteiger partial charge in [-0.15, -0.1) is 11.8 Å². The van der Waals surface area contributed by atoms with E-state index in [1.54, 1.807) is 6.07 Å². The van der Waals surface area contributed by atoms with Crippen LogP contribution < -0.4 is 5.32 Å². The van der Waals surface area contributed by atoms with Gasteiger partial charge in [-0.3, -0.25) is 4.79 Å². The summed E-state index contributed by atoms with van der Waals surface area (Å²) in [5.41, 5.74) is 0.485. The zero-order valence-electron chi connectivity index (χ0n) is 7.66. The van der Waals surface area contributed by atoms with Gasteiger partial charge in [-0.05, 0) is 18.2 Å². The largest absolute Gasteiger partial charge is 0.324 e. The van der Waals surface area contributed by atoms with Gasteiger partial charge in [0.05, 0.1) is 18.2 Å². The van der Waals surface area contributed by atoms with Gasteiger partial charge in [0.15, 0.2) is 0 Å². The third-order valence-electron chi connectivity index (χ3n) is 2.04. The smallest absolute Gasteiger partial charge is 0.238 e. The number of carbonyl (C=O) groups is 1. The Morgan fingerprint density at radius 3 is 3.13 bits per heavy atom. The third-order valence-corrected chi connectivity index (χ3v) is 3.31. The van der Waals surface area contributed by atoms with Crippen LogP contribution in [0.4, 0.5) is 10.1 Å². The molecule has 0 aliphatic carbocycles. The number of amides is 1. The molecule has 1 amide bonds. The van der Waals surface area contributed by atoms with Crippen molar-refractivity contribution in [3.8, 4) is 6.07 Å². The van der Waals surface area contributed by atoms with Gasteiger partial charge in [-0.25, -0.2) is 4.39 Å². The monoisotopic (exact) mass is 222 g/mol. The molecule has 1 heterocycles. The Bertz CT molecular complexity index is 455. The summed E-state index contributed by atoms with van der Waals surface area (Å²) in [7, 11) is 0. The van der Waals surface area contributed by atoms with E-state index < -0.39 is 5.25 Å². The highest BCUT2D eigenvalue weighted by molar-refractivity contribution is 8.01. The maximum Gasteiger partial charge on any atom is 0.238 e. The molecule has 0 saturated heterocycles. The fraction of sp³-hybridized carbons (Fsp3) is 0.200. The summed E-state index contributed by atoms with van der Waals surface area (Å²) in [6.07, 6.45) is 0.160. The molecule has 1 atom stereocenters. The van der Waals surface area contributed by atoms with Gasteiger partial charge in [0.1, 0.15) is 11.1 Å². The predicted molar refractivity (Wildman–Crippen MR) is 54.9 cm³/mol. The average molecular weight is 222 g/mol. The Morgan fingerprint density at radius 1 is 1.60 bits per heavy atom. The summed E-state index contributed by atoms with van der Waals surface area (Å²) < 4.78 is 12.9. The van der Waals surface area contributed by atoms with Crippen LogP contribution in [-0.4, -0.2) is 11.2 Å². The molecule has 1 aliphatic heterocycles. The fourth-order valence-corrected chi connectivity index (χ4v) is 2.35. The molecule has 5 heteroatoms. The molecular weight excluding hydrogens is 215 g/mol. The van der Waals surface area contributed by atoms with E-state index in [2.05, 4.69) is 5.32 Å². The number of benzene rings is 1. The van der Waals surface area contributed by atoms with Crippen molar-refractivity contribution in [2.45, 2.75) is 16.6 Å². The Morgan fingerprint density at radius 2 is 2.40 bits per heavy atom. The number of nitrogens with one attached hydrogen (secondary N) is 1. The number of hydrogen-bond acceptors (Lipinski definition) is 3. The second kappa shape index (κ2) is 3.91. The maximum absolute atomic E-state index is 12.9. The van der Waals surface area contributed by atoms with Crippen molar-refractivity contribution in [3.05, 3.63) is 24.0 Å². The standard InChI is InChI=1S/C10H7FN2OS/c11-6-1-2-8-7(5-6)13-10(14)9(15-8)3-4-12/h1-2,5,9H,3H2,(H,13,14). The zero-order valence-corrected chi connectivity index (χ0v) is 8.47. The molecular formula is C10H7FN2OS. The minimum atomic E-state index is -0.395. The normalized spacial score (nSPS) is 18.9. The molecule has 0 bridgehead atoms. The van der Waals surface area contributed by atoms with Crippen molar-refractivity contribution in [2.24, 2.45) is 0 Å². The van der Waals surface area contributed by atoms with Crippen molar-refractivity contribution in [1.82, 2.24) is 0 Å². The van der Waals surface area contributed by atoms with Crippen LogP contribution in [0.2, 0.25) is 0 Å². The van der Waals surface area contributed by atoms with E-state index in [0.29, 0.717) is 5.69 Å². The highest BCUT2D eigenvalue weighted by Crippen LogP contribution is 2.36. The van der Waals surface area contributed by atoms with E-state index in [-0.39, 0.29) is 18.1 Å². The predicted octanol–water partition coefficient (Wildman–Crippen LogP) is 2.15. The minimum absolute atomic E-state index is 0.160. The lowest BCUT2D eigenvalue weighted by atomic mass is 10.2. The van der Waals surface area contributed by atoms with E-state index in [4.69, 9.17) is 5.26 Å². The quantitative estimate of drug-likeness (QED) is 0.792. The highest BCUT2D eigenvalue weighted by Gasteiger charge is 2.26. The number of halogens is 1. The lowest BCUT2D eigenvalue weighted by Gasteiger charge is -2.22. The summed E-state index contributed by atoms with van der Waals surface area (Å²) in [5, 5.41) is 10.7. The van der Waals surface area contributed by atoms with Crippen molar-refractivity contribution in [2.75, 3.05) is 5.32 Å². The molecule has 1 aliphatic rings. The molecule has 0 spiro atoms. The number of nitriles is 1. The Hall–Kier alpha value is -1.54. The van der Waals surface area contributed by atoms with Crippen LogP contribution in [0.1, 0.15) is 6.42 Å². The first-order valence-corrected chi connectivity index (χ1v) is 5.22. The first kappa shape index (κ1) is 9.99. The van der Waals surface area contributed by atoms with E-state index in [0.717, 1.165) is 4.90 Å². The molecule has 2 rings (SSSR count). The number of fused-ring (bicyclic) bond motifs is 1. The topological polar surface area (TPSA) is 52.9 Å². The van der Waals surface area contributed by atoms with Crippen LogP contribution in [0.25, 0.3) is 0 Å². The van der Waals surface area contributed by atoms with E-state index in [9.17, 15) is 9.18 Å². The zero-order chi connectivity index (χ0) is 10.8. The van der Waals surface area contributed by atoms with Crippen LogP contribution in [-0.2, 0) is 4.79 Å². The highest BCUT2D eigenvalue weighted by atomic mass is 32.2. The minimum Gasteiger partial charge on any atom is -0.324 e. The molecule has 1 N–H and O–H groups in total. The van der Waals surface area contributed by atoms with Crippen LogP contribution in [0.15, 0.2) is 23.1 Å². The van der Waals surface area contributed by atoms with Crippen molar-refractivity contribution >= 4 is 23.4 Å². The van der Waals surface area contributed by atoms with E-state index in [1.165, 1.54) is 23.9 Å². The van der Waals surface area contributed by atoms with Crippen LogP contribution in [0, 0.1) is 17.1 Å². The summed E-state index contributed by atoms with van der Waals surface area (Å²) >= 11 is 1.30. The summed E-state index contributed by atoms with van der Waals surface area (Å²) in [6, 6.07) is 6.19. The molecule has 0 aromatic heterocycles. The van der Waals surface area contributed by atoms with Gasteiger partial charge in [-0.1, -0.05) is 0 Å². The van der Waals surface area contributed by atoms with Gasteiger partial charge < -0.3 is 5.32 Å². The number of anilines is 1. The summed E-state index contributed by atoms with van der Waals surface area (Å²) in [5.74, 6) is -0.618. The Labute approximate surface area is 90.3 Å². The number of thioether (sulfide) groups is 1. The van der Waals surface area contributed by atoms with E-state index in [1.807, 2.05) is 6.07 Å². The second-order valence-corrected chi connectivity index (χ2v) is 4.34. The SMILES string of the molecule is N#CCC1Sc2ccc(F)cc2NC1=O.